The fraction of sp³-hybridized carbons (Fsp3) is 0.294. The van der Waals surface area contributed by atoms with Crippen LogP contribution in [0.15, 0.2) is 45.5 Å². The van der Waals surface area contributed by atoms with Crippen molar-refractivity contribution in [1.82, 2.24) is 13.7 Å². The average Bonchev–Trinajstić information content (AvgIpc) is 3.38. The zero-order valence-corrected chi connectivity index (χ0v) is 16.7. The molecule has 2 aromatic heterocycles. The number of benzene rings is 1. The number of hydrogen-bond acceptors (Lipinski definition) is 8. The lowest BCUT2D eigenvalue weighted by molar-refractivity contribution is -0.386. The summed E-state index contributed by atoms with van der Waals surface area (Å²) < 4.78 is 33.5. The van der Waals surface area contributed by atoms with Crippen LogP contribution in [0.25, 0.3) is 4.96 Å². The van der Waals surface area contributed by atoms with E-state index in [0.29, 0.717) is 23.7 Å². The largest absolute Gasteiger partial charge is 0.480 e. The second-order valence-corrected chi connectivity index (χ2v) is 9.24. The number of nitro benzene ring substituents is 1. The Morgan fingerprint density at radius 1 is 1.24 bits per heavy atom. The van der Waals surface area contributed by atoms with Gasteiger partial charge in [0.25, 0.3) is 5.56 Å². The molecular weight excluding hydrogens is 420 g/mol. The summed E-state index contributed by atoms with van der Waals surface area (Å²) in [5.74, 6) is -0.0939. The fourth-order valence-corrected chi connectivity index (χ4v) is 5.39. The molecule has 1 saturated heterocycles. The summed E-state index contributed by atoms with van der Waals surface area (Å²) in [6.45, 7) is 0.643. The zero-order chi connectivity index (χ0) is 20.6. The van der Waals surface area contributed by atoms with Gasteiger partial charge in [0.15, 0.2) is 10.7 Å². The summed E-state index contributed by atoms with van der Waals surface area (Å²) >= 11 is 1.28. The molecule has 0 saturated carbocycles. The highest BCUT2D eigenvalue weighted by molar-refractivity contribution is 7.89. The number of hydrogen-bond donors (Lipinski definition) is 0. The van der Waals surface area contributed by atoms with Crippen molar-refractivity contribution in [3.8, 4) is 5.75 Å². The number of ether oxygens (including phenoxy) is 1. The van der Waals surface area contributed by atoms with Gasteiger partial charge in [-0.15, -0.1) is 11.3 Å². The Balaban J connectivity index is 1.61. The molecular formula is C17H16N4O6S2. The first-order valence-corrected chi connectivity index (χ1v) is 11.1. The minimum Gasteiger partial charge on any atom is -0.480 e. The van der Waals surface area contributed by atoms with E-state index in [1.54, 1.807) is 11.6 Å². The van der Waals surface area contributed by atoms with E-state index in [9.17, 15) is 23.3 Å². The van der Waals surface area contributed by atoms with Gasteiger partial charge in [0.1, 0.15) is 6.61 Å². The third kappa shape index (κ3) is 3.73. The Labute approximate surface area is 169 Å². The van der Waals surface area contributed by atoms with Crippen molar-refractivity contribution in [2.24, 2.45) is 0 Å². The molecule has 1 aliphatic heterocycles. The third-order valence-electron chi connectivity index (χ3n) is 4.56. The van der Waals surface area contributed by atoms with Crippen LogP contribution in [0.3, 0.4) is 0 Å². The number of fused-ring (bicyclic) bond motifs is 1. The maximum atomic E-state index is 12.7. The van der Waals surface area contributed by atoms with Gasteiger partial charge in [-0.2, -0.15) is 4.31 Å². The molecule has 0 spiro atoms. The van der Waals surface area contributed by atoms with Crippen LogP contribution >= 0.6 is 11.3 Å². The van der Waals surface area contributed by atoms with Crippen LogP contribution < -0.4 is 10.3 Å². The van der Waals surface area contributed by atoms with E-state index in [1.807, 2.05) is 0 Å². The van der Waals surface area contributed by atoms with Crippen molar-refractivity contribution in [3.63, 3.8) is 0 Å². The van der Waals surface area contributed by atoms with Gasteiger partial charge in [0.05, 0.1) is 15.5 Å². The predicted molar refractivity (Wildman–Crippen MR) is 105 cm³/mol. The first kappa shape index (κ1) is 19.5. The van der Waals surface area contributed by atoms with Gasteiger partial charge >= 0.3 is 5.69 Å². The molecule has 0 radical (unpaired) electrons. The van der Waals surface area contributed by atoms with Gasteiger partial charge in [-0.25, -0.2) is 13.4 Å². The van der Waals surface area contributed by atoms with Crippen molar-refractivity contribution < 1.29 is 18.1 Å². The molecule has 0 bridgehead atoms. The molecule has 1 aliphatic rings. The molecule has 10 nitrogen and oxygen atoms in total. The minimum atomic E-state index is -3.78. The first-order valence-electron chi connectivity index (χ1n) is 8.73. The number of sulfonamides is 1. The molecule has 4 rings (SSSR count). The molecule has 12 heteroatoms. The van der Waals surface area contributed by atoms with Crippen LogP contribution in [-0.2, 0) is 16.6 Å². The van der Waals surface area contributed by atoms with Crippen molar-refractivity contribution in [3.05, 3.63) is 62.0 Å². The lowest BCUT2D eigenvalue weighted by Gasteiger charge is -2.15. The van der Waals surface area contributed by atoms with Crippen LogP contribution in [0.4, 0.5) is 5.69 Å². The lowest BCUT2D eigenvalue weighted by atomic mass is 10.3. The molecule has 0 aliphatic carbocycles. The monoisotopic (exact) mass is 436 g/mol. The lowest BCUT2D eigenvalue weighted by Crippen LogP contribution is -2.27. The maximum absolute atomic E-state index is 12.7. The fourth-order valence-electron chi connectivity index (χ4n) is 3.11. The molecule has 0 amide bonds. The summed E-state index contributed by atoms with van der Waals surface area (Å²) in [5.41, 5.74) is -0.420. The van der Waals surface area contributed by atoms with E-state index < -0.39 is 20.6 Å². The van der Waals surface area contributed by atoms with Gasteiger partial charge in [-0.1, -0.05) is 0 Å². The van der Waals surface area contributed by atoms with Gasteiger partial charge < -0.3 is 4.74 Å². The number of thiazole rings is 1. The standard InChI is InChI=1S/C17H16N4O6S2/c22-16-9-12(18-17-20(16)7-8-28-17)11-27-15-4-3-13(10-14(15)21(23)24)29(25,26)19-5-1-2-6-19/h3-4,7-10H,1-2,5-6,11H2. The molecule has 0 unspecified atom stereocenters. The molecule has 3 heterocycles. The van der Waals surface area contributed by atoms with Crippen LogP contribution in [0, 0.1) is 10.1 Å². The van der Waals surface area contributed by atoms with Crippen molar-refractivity contribution in [2.75, 3.05) is 13.1 Å². The zero-order valence-electron chi connectivity index (χ0n) is 15.1. The highest BCUT2D eigenvalue weighted by Gasteiger charge is 2.29. The van der Waals surface area contributed by atoms with Gasteiger partial charge in [0, 0.05) is 36.8 Å². The molecule has 152 valence electrons. The number of nitro groups is 1. The van der Waals surface area contributed by atoms with Crippen LogP contribution in [0.1, 0.15) is 18.5 Å². The van der Waals surface area contributed by atoms with E-state index in [0.717, 1.165) is 18.9 Å². The third-order valence-corrected chi connectivity index (χ3v) is 7.21. The summed E-state index contributed by atoms with van der Waals surface area (Å²) in [6.07, 6.45) is 3.14. The number of nitrogens with zero attached hydrogens (tertiary/aromatic N) is 4. The normalized spacial score (nSPS) is 15.0. The Kier molecular flexibility index (Phi) is 5.06. The molecule has 3 aromatic rings. The van der Waals surface area contributed by atoms with E-state index in [4.69, 9.17) is 4.74 Å². The second kappa shape index (κ2) is 7.54. The van der Waals surface area contributed by atoms with Crippen molar-refractivity contribution in [1.29, 1.82) is 0 Å². The first-order chi connectivity index (χ1) is 13.9. The molecule has 1 fully saturated rings. The average molecular weight is 436 g/mol. The van der Waals surface area contributed by atoms with E-state index in [-0.39, 0.29) is 22.8 Å². The molecule has 1 aromatic carbocycles. The summed E-state index contributed by atoms with van der Waals surface area (Å²) in [7, 11) is -3.78. The SMILES string of the molecule is O=c1cc(COc2ccc(S(=O)(=O)N3CCCC3)cc2[N+](=O)[O-])nc2sccn12. The van der Waals surface area contributed by atoms with Gasteiger partial charge in [-0.3, -0.25) is 19.3 Å². The summed E-state index contributed by atoms with van der Waals surface area (Å²) in [6, 6.07) is 4.85. The smallest absolute Gasteiger partial charge is 0.312 e. The topological polar surface area (TPSA) is 124 Å². The van der Waals surface area contributed by atoms with E-state index in [2.05, 4.69) is 4.98 Å². The van der Waals surface area contributed by atoms with Gasteiger partial charge in [0.2, 0.25) is 10.0 Å². The quantitative estimate of drug-likeness (QED) is 0.428. The Hall–Kier alpha value is -2.83. The Morgan fingerprint density at radius 3 is 2.72 bits per heavy atom. The highest BCUT2D eigenvalue weighted by atomic mass is 32.2. The van der Waals surface area contributed by atoms with Crippen LogP contribution in [-0.4, -0.2) is 40.1 Å². The van der Waals surface area contributed by atoms with Crippen LogP contribution in [0.5, 0.6) is 5.75 Å². The second-order valence-electron chi connectivity index (χ2n) is 6.43. The highest BCUT2D eigenvalue weighted by Crippen LogP contribution is 2.32. The molecule has 0 atom stereocenters. The van der Waals surface area contributed by atoms with Crippen molar-refractivity contribution >= 4 is 32.0 Å². The van der Waals surface area contributed by atoms with E-state index in [1.165, 1.54) is 38.2 Å². The molecule has 0 N–H and O–H groups in total. The van der Waals surface area contributed by atoms with Crippen molar-refractivity contribution in [2.45, 2.75) is 24.3 Å². The van der Waals surface area contributed by atoms with Gasteiger partial charge in [-0.05, 0) is 25.0 Å². The summed E-state index contributed by atoms with van der Waals surface area (Å²) in [4.78, 5) is 27.4. The summed E-state index contributed by atoms with van der Waals surface area (Å²) in [5, 5.41) is 13.2. The molecule has 29 heavy (non-hydrogen) atoms. The number of rotatable bonds is 6. The van der Waals surface area contributed by atoms with E-state index >= 15 is 0 Å². The maximum Gasteiger partial charge on any atom is 0.312 e. The predicted octanol–water partition coefficient (Wildman–Crippen LogP) is 2.03. The minimum absolute atomic E-state index is 0.0939. The Morgan fingerprint density at radius 2 is 2.00 bits per heavy atom. The number of aromatic nitrogens is 2. The van der Waals surface area contributed by atoms with Crippen LogP contribution in [0.2, 0.25) is 0 Å². The Bertz CT molecular complexity index is 1240.